The highest BCUT2D eigenvalue weighted by Gasteiger charge is 2.20. The Morgan fingerprint density at radius 2 is 1.76 bits per heavy atom. The summed E-state index contributed by atoms with van der Waals surface area (Å²) in [7, 11) is 0. The number of carbonyl (C=O) groups excluding carboxylic acids is 1. The lowest BCUT2D eigenvalue weighted by Crippen LogP contribution is -2.26. The molecule has 0 fully saturated rings. The van der Waals surface area contributed by atoms with Gasteiger partial charge in [0, 0.05) is 23.7 Å². The number of fused-ring (bicyclic) bond motifs is 1. The van der Waals surface area contributed by atoms with E-state index in [1.54, 1.807) is 0 Å². The van der Waals surface area contributed by atoms with E-state index >= 15 is 0 Å². The summed E-state index contributed by atoms with van der Waals surface area (Å²) in [5.74, 6) is -0.134. The summed E-state index contributed by atoms with van der Waals surface area (Å²) < 4.78 is 1.98. The molecule has 0 bridgehead atoms. The molecule has 0 aliphatic rings. The van der Waals surface area contributed by atoms with Crippen LogP contribution < -0.4 is 5.32 Å². The number of benzene rings is 2. The predicted octanol–water partition coefficient (Wildman–Crippen LogP) is 4.04. The third-order valence-electron chi connectivity index (χ3n) is 4.07. The lowest BCUT2D eigenvalue weighted by atomic mass is 10.1. The van der Waals surface area contributed by atoms with Crippen molar-refractivity contribution in [3.63, 3.8) is 0 Å². The second-order valence-corrected chi connectivity index (χ2v) is 6.60. The van der Waals surface area contributed by atoms with E-state index in [1.807, 2.05) is 64.5 Å². The average Bonchev–Trinajstić information content (AvgIpc) is 3.24. The Hall–Kier alpha value is -2.92. The maximum absolute atomic E-state index is 12.7. The summed E-state index contributed by atoms with van der Waals surface area (Å²) in [6, 6.07) is 20.0. The molecule has 5 heteroatoms. The van der Waals surface area contributed by atoms with Crippen molar-refractivity contribution >= 4 is 22.2 Å². The molecule has 4 nitrogen and oxygen atoms in total. The number of carbonyl (C=O) groups is 1. The highest BCUT2D eigenvalue weighted by molar-refractivity contribution is 7.15. The highest BCUT2D eigenvalue weighted by atomic mass is 32.1. The summed E-state index contributed by atoms with van der Waals surface area (Å²) in [4.78, 5) is 18.1. The van der Waals surface area contributed by atoms with Gasteiger partial charge in [-0.2, -0.15) is 0 Å². The van der Waals surface area contributed by atoms with Crippen LogP contribution in [-0.2, 0) is 6.42 Å². The van der Waals surface area contributed by atoms with E-state index in [-0.39, 0.29) is 5.91 Å². The Balaban J connectivity index is 1.58. The molecule has 0 atom stereocenters. The van der Waals surface area contributed by atoms with E-state index in [0.29, 0.717) is 12.2 Å². The van der Waals surface area contributed by atoms with Gasteiger partial charge in [-0.1, -0.05) is 60.7 Å². The van der Waals surface area contributed by atoms with E-state index in [0.717, 1.165) is 22.6 Å². The summed E-state index contributed by atoms with van der Waals surface area (Å²) in [6.07, 6.45) is 2.76. The zero-order chi connectivity index (χ0) is 17.1. The molecule has 0 aliphatic heterocycles. The van der Waals surface area contributed by atoms with Gasteiger partial charge in [-0.3, -0.25) is 9.20 Å². The molecule has 0 spiro atoms. The number of thiazole rings is 1. The number of rotatable bonds is 5. The number of nitrogens with one attached hydrogen (secondary N) is 1. The largest absolute Gasteiger partial charge is 0.350 e. The second kappa shape index (κ2) is 6.91. The fourth-order valence-electron chi connectivity index (χ4n) is 2.86. The second-order valence-electron chi connectivity index (χ2n) is 5.72. The molecule has 0 radical (unpaired) electrons. The molecule has 2 heterocycles. The van der Waals surface area contributed by atoms with Gasteiger partial charge in [0.15, 0.2) is 10.7 Å². The maximum atomic E-state index is 12.7. The fourth-order valence-corrected chi connectivity index (χ4v) is 3.58. The molecule has 2 aromatic carbocycles. The number of amides is 1. The number of aromatic nitrogens is 2. The summed E-state index contributed by atoms with van der Waals surface area (Å²) in [5, 5.41) is 4.98. The first-order valence-corrected chi connectivity index (χ1v) is 9.04. The molecule has 25 heavy (non-hydrogen) atoms. The van der Waals surface area contributed by atoms with Crippen molar-refractivity contribution in [3.05, 3.63) is 83.5 Å². The Morgan fingerprint density at radius 3 is 2.52 bits per heavy atom. The lowest BCUT2D eigenvalue weighted by Gasteiger charge is -2.06. The van der Waals surface area contributed by atoms with Crippen LogP contribution in [0.5, 0.6) is 0 Å². The molecular formula is C20H17N3OS. The molecule has 1 amide bonds. The predicted molar refractivity (Wildman–Crippen MR) is 101 cm³/mol. The average molecular weight is 347 g/mol. The molecule has 2 aromatic heterocycles. The number of hydrogen-bond acceptors (Lipinski definition) is 3. The molecule has 0 saturated heterocycles. The van der Waals surface area contributed by atoms with Crippen molar-refractivity contribution in [2.75, 3.05) is 6.54 Å². The monoisotopic (exact) mass is 347 g/mol. The van der Waals surface area contributed by atoms with Gasteiger partial charge in [0.1, 0.15) is 0 Å². The van der Waals surface area contributed by atoms with Crippen LogP contribution >= 0.6 is 11.3 Å². The van der Waals surface area contributed by atoms with Crippen LogP contribution in [0.2, 0.25) is 0 Å². The smallest absolute Gasteiger partial charge is 0.272 e. The molecule has 0 unspecified atom stereocenters. The van der Waals surface area contributed by atoms with Gasteiger partial charge in [-0.15, -0.1) is 11.3 Å². The van der Waals surface area contributed by atoms with E-state index in [2.05, 4.69) is 22.4 Å². The Bertz CT molecular complexity index is 990. The number of nitrogens with zero attached hydrogens (tertiary/aromatic N) is 2. The SMILES string of the molecule is O=C(NCCc1ccccc1)c1nc2sccn2c1-c1ccccc1. The summed E-state index contributed by atoms with van der Waals surface area (Å²) in [5.41, 5.74) is 3.51. The Labute approximate surface area is 149 Å². The first-order chi connectivity index (χ1) is 12.3. The quantitative estimate of drug-likeness (QED) is 0.592. The van der Waals surface area contributed by atoms with Gasteiger partial charge in [-0.25, -0.2) is 4.98 Å². The zero-order valence-corrected chi connectivity index (χ0v) is 14.4. The number of hydrogen-bond donors (Lipinski definition) is 1. The summed E-state index contributed by atoms with van der Waals surface area (Å²) >= 11 is 1.53. The zero-order valence-electron chi connectivity index (χ0n) is 13.6. The first-order valence-electron chi connectivity index (χ1n) is 8.16. The minimum Gasteiger partial charge on any atom is -0.350 e. The van der Waals surface area contributed by atoms with Gasteiger partial charge in [-0.05, 0) is 12.0 Å². The highest BCUT2D eigenvalue weighted by Crippen LogP contribution is 2.27. The van der Waals surface area contributed by atoms with Crippen molar-refractivity contribution in [3.8, 4) is 11.3 Å². The Kier molecular flexibility index (Phi) is 4.31. The van der Waals surface area contributed by atoms with Gasteiger partial charge < -0.3 is 5.32 Å². The molecule has 1 N–H and O–H groups in total. The standard InChI is InChI=1S/C20H17N3OS/c24-19(21-12-11-15-7-3-1-4-8-15)17-18(16-9-5-2-6-10-16)23-13-14-25-20(23)22-17/h1-10,13-14H,11-12H2,(H,21,24). The van der Waals surface area contributed by atoms with Crippen molar-refractivity contribution in [2.45, 2.75) is 6.42 Å². The maximum Gasteiger partial charge on any atom is 0.272 e. The van der Waals surface area contributed by atoms with Crippen LogP contribution in [0.15, 0.2) is 72.2 Å². The van der Waals surface area contributed by atoms with Gasteiger partial charge in [0.05, 0.1) is 5.69 Å². The van der Waals surface area contributed by atoms with Crippen LogP contribution in [0, 0.1) is 0 Å². The van der Waals surface area contributed by atoms with Crippen LogP contribution in [0.3, 0.4) is 0 Å². The normalized spacial score (nSPS) is 10.9. The first kappa shape index (κ1) is 15.6. The third kappa shape index (κ3) is 3.19. The van der Waals surface area contributed by atoms with Crippen LogP contribution in [-0.4, -0.2) is 21.8 Å². The van der Waals surface area contributed by atoms with Crippen LogP contribution in [0.25, 0.3) is 16.2 Å². The van der Waals surface area contributed by atoms with E-state index < -0.39 is 0 Å². The molecule has 0 saturated carbocycles. The van der Waals surface area contributed by atoms with Crippen molar-refractivity contribution in [1.82, 2.24) is 14.7 Å². The minimum atomic E-state index is -0.134. The molecule has 0 aliphatic carbocycles. The van der Waals surface area contributed by atoms with Crippen molar-refractivity contribution in [1.29, 1.82) is 0 Å². The van der Waals surface area contributed by atoms with Gasteiger partial charge in [0.25, 0.3) is 5.91 Å². The third-order valence-corrected chi connectivity index (χ3v) is 4.82. The van der Waals surface area contributed by atoms with E-state index in [1.165, 1.54) is 16.9 Å². The lowest BCUT2D eigenvalue weighted by molar-refractivity contribution is 0.0950. The minimum absolute atomic E-state index is 0.134. The molecular weight excluding hydrogens is 330 g/mol. The topological polar surface area (TPSA) is 46.4 Å². The Morgan fingerprint density at radius 1 is 1.04 bits per heavy atom. The number of imidazole rings is 1. The van der Waals surface area contributed by atoms with E-state index in [4.69, 9.17) is 0 Å². The molecule has 4 aromatic rings. The van der Waals surface area contributed by atoms with Crippen LogP contribution in [0.4, 0.5) is 0 Å². The fraction of sp³-hybridized carbons (Fsp3) is 0.100. The summed E-state index contributed by atoms with van der Waals surface area (Å²) in [6.45, 7) is 0.586. The van der Waals surface area contributed by atoms with Crippen molar-refractivity contribution in [2.24, 2.45) is 0 Å². The van der Waals surface area contributed by atoms with E-state index in [9.17, 15) is 4.79 Å². The van der Waals surface area contributed by atoms with Crippen LogP contribution in [0.1, 0.15) is 16.1 Å². The van der Waals surface area contributed by atoms with Crippen molar-refractivity contribution < 1.29 is 4.79 Å². The van der Waals surface area contributed by atoms with Gasteiger partial charge >= 0.3 is 0 Å². The molecule has 124 valence electrons. The molecule has 4 rings (SSSR count). The van der Waals surface area contributed by atoms with Gasteiger partial charge in [0.2, 0.25) is 0 Å².